The Balaban J connectivity index is 1.30. The minimum Gasteiger partial charge on any atom is -0.311 e. The molecule has 0 amide bonds. The first kappa shape index (κ1) is 25.2. The first-order valence-corrected chi connectivity index (χ1v) is 14.1. The molecule has 2 heteroatoms. The fourth-order valence-corrected chi connectivity index (χ4v) is 5.66. The van der Waals surface area contributed by atoms with Crippen molar-refractivity contribution in [3.63, 3.8) is 0 Å². The van der Waals surface area contributed by atoms with Gasteiger partial charge in [-0.1, -0.05) is 138 Å². The second-order valence-electron chi connectivity index (χ2n) is 10.3. The van der Waals surface area contributed by atoms with E-state index in [4.69, 9.17) is 0 Å². The Morgan fingerprint density at radius 1 is 0.590 bits per heavy atom. The largest absolute Gasteiger partial charge is 0.311 e. The van der Waals surface area contributed by atoms with Gasteiger partial charge in [0, 0.05) is 27.0 Å². The fraction of sp³-hybridized carbons (Fsp3) is 0.0811. The minimum atomic E-state index is -0.0567. The smallest absolute Gasteiger partial charge is 0.0472 e. The van der Waals surface area contributed by atoms with Gasteiger partial charge < -0.3 is 4.90 Å². The summed E-state index contributed by atoms with van der Waals surface area (Å²) in [6.45, 7) is 2.33. The number of hydrogen-bond donors (Lipinski definition) is 0. The lowest BCUT2D eigenvalue weighted by atomic mass is 9.76. The van der Waals surface area contributed by atoms with Crippen molar-refractivity contribution in [3.8, 4) is 22.3 Å². The lowest BCUT2D eigenvalue weighted by Crippen LogP contribution is -2.24. The molecule has 0 saturated heterocycles. The highest BCUT2D eigenvalue weighted by molar-refractivity contribution is 9.10. The molecular weight excluding hydrogens is 538 g/mol. The van der Waals surface area contributed by atoms with Gasteiger partial charge in [-0.05, 0) is 70.6 Å². The molecule has 1 aliphatic carbocycles. The van der Waals surface area contributed by atoms with Gasteiger partial charge in [0.2, 0.25) is 0 Å². The van der Waals surface area contributed by atoms with Gasteiger partial charge in [-0.25, -0.2) is 0 Å². The van der Waals surface area contributed by atoms with E-state index in [0.29, 0.717) is 0 Å². The zero-order valence-corrected chi connectivity index (χ0v) is 23.6. The number of allylic oxidation sites excluding steroid dienone is 3. The summed E-state index contributed by atoms with van der Waals surface area (Å²) in [4.78, 5) is 2.34. The van der Waals surface area contributed by atoms with Gasteiger partial charge in [0.1, 0.15) is 0 Å². The van der Waals surface area contributed by atoms with Crippen molar-refractivity contribution in [2.45, 2.75) is 18.8 Å². The van der Waals surface area contributed by atoms with Crippen LogP contribution < -0.4 is 4.90 Å². The van der Waals surface area contributed by atoms with Crippen LogP contribution in [0.25, 0.3) is 22.3 Å². The van der Waals surface area contributed by atoms with Crippen LogP contribution in [0.15, 0.2) is 162 Å². The zero-order chi connectivity index (χ0) is 26.7. The van der Waals surface area contributed by atoms with E-state index in [1.807, 2.05) is 0 Å². The third-order valence-corrected chi connectivity index (χ3v) is 8.06. The molecule has 0 aliphatic heterocycles. The maximum absolute atomic E-state index is 3.68. The van der Waals surface area contributed by atoms with Crippen LogP contribution in [0.2, 0.25) is 0 Å². The molecule has 190 valence electrons. The first-order valence-electron chi connectivity index (χ1n) is 13.4. The molecule has 0 radical (unpaired) electrons. The highest BCUT2D eigenvalue weighted by atomic mass is 79.9. The van der Waals surface area contributed by atoms with E-state index < -0.39 is 0 Å². The van der Waals surface area contributed by atoms with Gasteiger partial charge in [-0.15, -0.1) is 0 Å². The second-order valence-corrected chi connectivity index (χ2v) is 11.2. The van der Waals surface area contributed by atoms with E-state index >= 15 is 0 Å². The molecule has 1 aliphatic rings. The maximum atomic E-state index is 3.68. The first-order chi connectivity index (χ1) is 19.1. The summed E-state index contributed by atoms with van der Waals surface area (Å²) in [5.41, 5.74) is 9.66. The lowest BCUT2D eigenvalue weighted by molar-refractivity contribution is 0.595. The number of benzene rings is 5. The highest BCUT2D eigenvalue weighted by Crippen LogP contribution is 2.39. The normalized spacial score (nSPS) is 16.5. The van der Waals surface area contributed by atoms with Crippen molar-refractivity contribution in [2.24, 2.45) is 0 Å². The average molecular weight is 569 g/mol. The molecule has 1 nitrogen and oxygen atoms in total. The van der Waals surface area contributed by atoms with E-state index in [1.54, 1.807) is 0 Å². The molecule has 0 heterocycles. The third-order valence-electron chi connectivity index (χ3n) is 7.57. The number of halogens is 1. The summed E-state index contributed by atoms with van der Waals surface area (Å²) >= 11 is 3.68. The van der Waals surface area contributed by atoms with Crippen LogP contribution in [-0.2, 0) is 5.41 Å². The van der Waals surface area contributed by atoms with Crippen LogP contribution in [0.5, 0.6) is 0 Å². The Morgan fingerprint density at radius 2 is 1.15 bits per heavy atom. The predicted octanol–water partition coefficient (Wildman–Crippen LogP) is 10.7. The molecule has 39 heavy (non-hydrogen) atoms. The minimum absolute atomic E-state index is 0.0567. The summed E-state index contributed by atoms with van der Waals surface area (Å²) in [7, 11) is 0. The van der Waals surface area contributed by atoms with Gasteiger partial charge in [-0.3, -0.25) is 0 Å². The molecule has 0 saturated carbocycles. The Hall–Kier alpha value is -4.14. The van der Waals surface area contributed by atoms with Crippen molar-refractivity contribution in [3.05, 3.63) is 167 Å². The molecule has 6 rings (SSSR count). The predicted molar refractivity (Wildman–Crippen MR) is 169 cm³/mol. The van der Waals surface area contributed by atoms with E-state index in [1.165, 1.54) is 33.5 Å². The molecule has 5 aromatic rings. The van der Waals surface area contributed by atoms with Crippen LogP contribution in [0.3, 0.4) is 0 Å². The van der Waals surface area contributed by atoms with Crippen molar-refractivity contribution >= 4 is 27.3 Å². The Bertz CT molecular complexity index is 1620. The van der Waals surface area contributed by atoms with Crippen LogP contribution in [-0.4, -0.2) is 0 Å². The third kappa shape index (κ3) is 5.39. The van der Waals surface area contributed by atoms with E-state index in [-0.39, 0.29) is 5.41 Å². The summed E-state index contributed by atoms with van der Waals surface area (Å²) in [5.74, 6) is 0. The van der Waals surface area contributed by atoms with Crippen LogP contribution in [0.1, 0.15) is 18.9 Å². The summed E-state index contributed by atoms with van der Waals surface area (Å²) in [5, 5.41) is 0. The van der Waals surface area contributed by atoms with E-state index in [9.17, 15) is 0 Å². The lowest BCUT2D eigenvalue weighted by Gasteiger charge is -2.33. The van der Waals surface area contributed by atoms with Crippen molar-refractivity contribution in [1.29, 1.82) is 0 Å². The number of rotatable bonds is 6. The Kier molecular flexibility index (Phi) is 7.04. The Morgan fingerprint density at radius 3 is 1.69 bits per heavy atom. The van der Waals surface area contributed by atoms with Crippen molar-refractivity contribution in [1.82, 2.24) is 0 Å². The van der Waals surface area contributed by atoms with Crippen LogP contribution in [0.4, 0.5) is 11.4 Å². The van der Waals surface area contributed by atoms with Gasteiger partial charge in [0.15, 0.2) is 0 Å². The van der Waals surface area contributed by atoms with Crippen molar-refractivity contribution in [2.75, 3.05) is 4.90 Å². The SMILES string of the molecule is CC1(c2ccc(-c3ccccc3)cc2)C=CC(N(c2ccc(-c3ccccc3)cc2)c2cccc(Br)c2)=CC1. The summed E-state index contributed by atoms with van der Waals surface area (Å²) in [6, 6.07) is 47.5. The van der Waals surface area contributed by atoms with Gasteiger partial charge in [0.25, 0.3) is 0 Å². The average Bonchev–Trinajstić information content (AvgIpc) is 3.00. The summed E-state index contributed by atoms with van der Waals surface area (Å²) in [6.07, 6.45) is 7.94. The van der Waals surface area contributed by atoms with E-state index in [2.05, 4.69) is 179 Å². The van der Waals surface area contributed by atoms with Crippen LogP contribution in [0, 0.1) is 0 Å². The maximum Gasteiger partial charge on any atom is 0.0472 e. The number of anilines is 2. The summed E-state index contributed by atoms with van der Waals surface area (Å²) < 4.78 is 1.06. The van der Waals surface area contributed by atoms with E-state index in [0.717, 1.165) is 22.3 Å². The molecule has 0 bridgehead atoms. The van der Waals surface area contributed by atoms with Crippen molar-refractivity contribution < 1.29 is 0 Å². The van der Waals surface area contributed by atoms with Gasteiger partial charge >= 0.3 is 0 Å². The molecule has 0 aromatic heterocycles. The molecule has 1 atom stereocenters. The van der Waals surface area contributed by atoms with Gasteiger partial charge in [0.05, 0.1) is 0 Å². The quantitative estimate of drug-likeness (QED) is 0.197. The molecule has 0 N–H and O–H groups in total. The Labute approximate surface area is 239 Å². The molecule has 0 spiro atoms. The zero-order valence-electron chi connectivity index (χ0n) is 22.0. The van der Waals surface area contributed by atoms with Gasteiger partial charge in [-0.2, -0.15) is 0 Å². The standard InChI is InChI=1S/C37H30BrN/c1-37(32-19-15-30(16-20-32)28-9-4-2-5-10-28)25-23-35(24-26-37)39(36-14-8-13-33(38)27-36)34-21-17-31(18-22-34)29-11-6-3-7-12-29/h2-25,27H,26H2,1H3. The molecule has 5 aromatic carbocycles. The molecular formula is C37H30BrN. The highest BCUT2D eigenvalue weighted by Gasteiger charge is 2.27. The second kappa shape index (κ2) is 10.9. The number of nitrogens with zero attached hydrogens (tertiary/aromatic N) is 1. The number of hydrogen-bond acceptors (Lipinski definition) is 1. The monoisotopic (exact) mass is 567 g/mol. The fourth-order valence-electron chi connectivity index (χ4n) is 5.27. The van der Waals surface area contributed by atoms with Crippen LogP contribution >= 0.6 is 15.9 Å². The molecule has 0 fully saturated rings. The topological polar surface area (TPSA) is 3.24 Å². The molecule has 1 unspecified atom stereocenters.